The zero-order chi connectivity index (χ0) is 18.2. The predicted octanol–water partition coefficient (Wildman–Crippen LogP) is 4.88. The van der Waals surface area contributed by atoms with Gasteiger partial charge >= 0.3 is 6.18 Å². The summed E-state index contributed by atoms with van der Waals surface area (Å²) >= 11 is 6.51. The topological polar surface area (TPSA) is 72.2 Å². The molecule has 0 fully saturated rings. The van der Waals surface area contributed by atoms with E-state index in [-0.39, 0.29) is 14.8 Å². The quantitative estimate of drug-likeness (QED) is 0.668. The Balaban J connectivity index is 1.85. The molecule has 0 saturated heterocycles. The lowest BCUT2D eigenvalue weighted by atomic mass is 10.3. The summed E-state index contributed by atoms with van der Waals surface area (Å²) in [5.74, 6) is -1.25. The summed E-state index contributed by atoms with van der Waals surface area (Å²) in [6.07, 6.45) is -4.66. The number of nitrogens with one attached hydrogen (secondary N) is 1. The van der Waals surface area contributed by atoms with Gasteiger partial charge in [-0.2, -0.15) is 13.2 Å². The molecule has 0 unspecified atom stereocenters. The molecule has 1 aromatic carbocycles. The maximum atomic E-state index is 12.5. The first kappa shape index (κ1) is 17.8. The normalized spacial score (nSPS) is 12.3. The molecule has 2 heterocycles. The van der Waals surface area contributed by atoms with Gasteiger partial charge in [0.05, 0.1) is 4.88 Å². The molecule has 0 aliphatic carbocycles. The van der Waals surface area contributed by atoms with E-state index in [1.807, 2.05) is 0 Å². The molecule has 5 nitrogen and oxygen atoms in total. The highest BCUT2D eigenvalue weighted by atomic mass is 35.5. The van der Waals surface area contributed by atoms with Crippen LogP contribution in [0.3, 0.4) is 0 Å². The summed E-state index contributed by atoms with van der Waals surface area (Å²) in [6.45, 7) is 0. The number of anilines is 1. The van der Waals surface area contributed by atoms with Crippen LogP contribution in [0.15, 0.2) is 51.2 Å². The van der Waals surface area contributed by atoms with Crippen LogP contribution in [0.25, 0.3) is 10.6 Å². The molecule has 0 amide bonds. The van der Waals surface area contributed by atoms with Gasteiger partial charge in [-0.25, -0.2) is 8.42 Å². The van der Waals surface area contributed by atoms with Gasteiger partial charge in [0, 0.05) is 16.8 Å². The molecule has 3 aromatic rings. The SMILES string of the molecule is O=S(=O)(Nc1ccc(Cl)cc1)c1ccc(-c2cc(C(F)(F)F)on2)s1. The van der Waals surface area contributed by atoms with Crippen molar-refractivity contribution in [3.63, 3.8) is 0 Å². The molecule has 0 spiro atoms. The first-order chi connectivity index (χ1) is 11.6. The Morgan fingerprint density at radius 3 is 2.40 bits per heavy atom. The Kier molecular flexibility index (Phi) is 4.52. The van der Waals surface area contributed by atoms with Crippen LogP contribution >= 0.6 is 22.9 Å². The summed E-state index contributed by atoms with van der Waals surface area (Å²) in [4.78, 5) is 0.232. The molecule has 0 bridgehead atoms. The molecule has 0 saturated carbocycles. The lowest BCUT2D eigenvalue weighted by Gasteiger charge is -2.05. The second kappa shape index (κ2) is 6.36. The molecule has 132 valence electrons. The third-order valence-corrected chi connectivity index (χ3v) is 6.22. The van der Waals surface area contributed by atoms with Crippen LogP contribution in [0.2, 0.25) is 5.02 Å². The number of hydrogen-bond donors (Lipinski definition) is 1. The van der Waals surface area contributed by atoms with Gasteiger partial charge in [-0.05, 0) is 36.4 Å². The van der Waals surface area contributed by atoms with Gasteiger partial charge in [-0.1, -0.05) is 16.8 Å². The number of sulfonamides is 1. The van der Waals surface area contributed by atoms with Gasteiger partial charge in [-0.15, -0.1) is 11.3 Å². The number of hydrogen-bond acceptors (Lipinski definition) is 5. The lowest BCUT2D eigenvalue weighted by Crippen LogP contribution is -2.11. The fraction of sp³-hybridized carbons (Fsp3) is 0.0714. The van der Waals surface area contributed by atoms with Crippen LogP contribution < -0.4 is 4.72 Å². The Hall–Kier alpha value is -2.04. The van der Waals surface area contributed by atoms with Crippen LogP contribution in [0.4, 0.5) is 18.9 Å². The average Bonchev–Trinajstić information content (AvgIpc) is 3.17. The molecule has 0 aliphatic heterocycles. The largest absolute Gasteiger partial charge is 0.452 e. The van der Waals surface area contributed by atoms with Crippen molar-refractivity contribution in [2.75, 3.05) is 4.72 Å². The number of thiophene rings is 1. The molecule has 25 heavy (non-hydrogen) atoms. The van der Waals surface area contributed by atoms with E-state index in [1.54, 1.807) is 0 Å². The van der Waals surface area contributed by atoms with Gasteiger partial charge in [0.25, 0.3) is 10.0 Å². The van der Waals surface area contributed by atoms with Crippen molar-refractivity contribution in [2.45, 2.75) is 10.4 Å². The van der Waals surface area contributed by atoms with Crippen molar-refractivity contribution >= 4 is 38.6 Å². The van der Waals surface area contributed by atoms with Crippen LogP contribution in [0.5, 0.6) is 0 Å². The van der Waals surface area contributed by atoms with Crippen molar-refractivity contribution in [1.82, 2.24) is 5.16 Å². The Morgan fingerprint density at radius 2 is 1.80 bits per heavy atom. The number of benzene rings is 1. The molecule has 0 aliphatic rings. The van der Waals surface area contributed by atoms with E-state index in [4.69, 9.17) is 11.6 Å². The van der Waals surface area contributed by atoms with E-state index in [0.29, 0.717) is 10.7 Å². The summed E-state index contributed by atoms with van der Waals surface area (Å²) in [7, 11) is -3.89. The smallest absolute Gasteiger partial charge is 0.351 e. The van der Waals surface area contributed by atoms with Crippen molar-refractivity contribution in [2.24, 2.45) is 0 Å². The first-order valence-electron chi connectivity index (χ1n) is 6.58. The molecule has 0 radical (unpaired) electrons. The number of halogens is 4. The highest BCUT2D eigenvalue weighted by Crippen LogP contribution is 2.35. The second-order valence-corrected chi connectivity index (χ2v) is 8.23. The van der Waals surface area contributed by atoms with Crippen molar-refractivity contribution in [3.05, 3.63) is 53.2 Å². The van der Waals surface area contributed by atoms with Gasteiger partial charge < -0.3 is 4.52 Å². The molecule has 0 atom stereocenters. The molecule has 1 N–H and O–H groups in total. The van der Waals surface area contributed by atoms with Crippen molar-refractivity contribution in [3.8, 4) is 10.6 Å². The zero-order valence-electron chi connectivity index (χ0n) is 12.0. The Bertz CT molecular complexity index is 995. The second-order valence-electron chi connectivity index (χ2n) is 4.81. The third-order valence-electron chi connectivity index (χ3n) is 2.98. The summed E-state index contributed by atoms with van der Waals surface area (Å²) in [6, 6.07) is 9.37. The van der Waals surface area contributed by atoms with E-state index in [2.05, 4.69) is 14.4 Å². The summed E-state index contributed by atoms with van der Waals surface area (Å²) in [5, 5.41) is 3.78. The number of rotatable bonds is 4. The van der Waals surface area contributed by atoms with Crippen LogP contribution in [-0.4, -0.2) is 13.6 Å². The molecular formula is C14H8ClF3N2O3S2. The molecule has 2 aromatic heterocycles. The van der Waals surface area contributed by atoms with Gasteiger partial charge in [0.1, 0.15) is 9.90 Å². The number of nitrogens with zero attached hydrogens (tertiary/aromatic N) is 1. The van der Waals surface area contributed by atoms with Gasteiger partial charge in [-0.3, -0.25) is 4.72 Å². The van der Waals surface area contributed by atoms with Crippen LogP contribution in [0, 0.1) is 0 Å². The highest BCUT2D eigenvalue weighted by Gasteiger charge is 2.36. The van der Waals surface area contributed by atoms with Crippen molar-refractivity contribution < 1.29 is 26.1 Å². The maximum Gasteiger partial charge on any atom is 0.452 e. The first-order valence-corrected chi connectivity index (χ1v) is 9.25. The fourth-order valence-corrected chi connectivity index (χ4v) is 4.29. The monoisotopic (exact) mass is 408 g/mol. The van der Waals surface area contributed by atoms with Crippen molar-refractivity contribution in [1.29, 1.82) is 0 Å². The van der Waals surface area contributed by atoms with Crippen LogP contribution in [0.1, 0.15) is 5.76 Å². The highest BCUT2D eigenvalue weighted by molar-refractivity contribution is 7.94. The molecule has 11 heteroatoms. The van der Waals surface area contributed by atoms with E-state index >= 15 is 0 Å². The predicted molar refractivity (Wildman–Crippen MR) is 87.1 cm³/mol. The van der Waals surface area contributed by atoms with E-state index < -0.39 is 22.0 Å². The van der Waals surface area contributed by atoms with E-state index in [9.17, 15) is 21.6 Å². The van der Waals surface area contributed by atoms with E-state index in [0.717, 1.165) is 17.4 Å². The molecular weight excluding hydrogens is 401 g/mol. The number of alkyl halides is 3. The fourth-order valence-electron chi connectivity index (χ4n) is 1.85. The van der Waals surface area contributed by atoms with Gasteiger partial charge in [0.15, 0.2) is 0 Å². The summed E-state index contributed by atoms with van der Waals surface area (Å²) < 4.78 is 68.8. The maximum absolute atomic E-state index is 12.5. The molecule has 3 rings (SSSR count). The number of aromatic nitrogens is 1. The minimum Gasteiger partial charge on any atom is -0.351 e. The van der Waals surface area contributed by atoms with Crippen LogP contribution in [-0.2, 0) is 16.2 Å². The zero-order valence-corrected chi connectivity index (χ0v) is 14.4. The Labute approximate surface area is 149 Å². The minimum absolute atomic E-state index is 0.0750. The van der Waals surface area contributed by atoms with Gasteiger partial charge in [0.2, 0.25) is 5.76 Å². The van der Waals surface area contributed by atoms with E-state index in [1.165, 1.54) is 36.4 Å². The summed E-state index contributed by atoms with van der Waals surface area (Å²) in [5.41, 5.74) is 0.213. The lowest BCUT2D eigenvalue weighted by molar-refractivity contribution is -0.155. The standard InChI is InChI=1S/C14H8ClF3N2O3S2/c15-8-1-3-9(4-2-8)20-25(21,22)13-6-5-11(24-13)10-7-12(23-19-10)14(16,17)18/h1-7,20H. The average molecular weight is 409 g/mol. The Morgan fingerprint density at radius 1 is 1.12 bits per heavy atom. The third kappa shape index (κ3) is 3.97. The minimum atomic E-state index is -4.66.